The number of nitrogens with one attached hydrogen (secondary N) is 1. The predicted octanol–water partition coefficient (Wildman–Crippen LogP) is 4.02. The Labute approximate surface area is 156 Å². The maximum absolute atomic E-state index is 13.1. The summed E-state index contributed by atoms with van der Waals surface area (Å²) in [5.41, 5.74) is 2.52. The summed E-state index contributed by atoms with van der Waals surface area (Å²) in [6.07, 6.45) is 0. The van der Waals surface area contributed by atoms with E-state index in [2.05, 4.69) is 9.71 Å². The van der Waals surface area contributed by atoms with Crippen molar-refractivity contribution in [1.82, 2.24) is 9.55 Å². The van der Waals surface area contributed by atoms with Gasteiger partial charge in [-0.05, 0) is 42.0 Å². The van der Waals surface area contributed by atoms with Crippen LogP contribution in [0.25, 0.3) is 11.0 Å². The molecule has 0 unspecified atom stereocenters. The van der Waals surface area contributed by atoms with Gasteiger partial charge in [-0.15, -0.1) is 0 Å². The molecule has 1 N–H and O–H groups in total. The molecule has 0 aliphatic rings. The first-order chi connectivity index (χ1) is 13.0. The van der Waals surface area contributed by atoms with Crippen molar-refractivity contribution in [2.75, 3.05) is 4.72 Å². The van der Waals surface area contributed by atoms with Crippen LogP contribution in [-0.2, 0) is 16.6 Å². The summed E-state index contributed by atoms with van der Waals surface area (Å²) >= 11 is 0. The number of imidazole rings is 1. The van der Waals surface area contributed by atoms with Crippen molar-refractivity contribution in [2.45, 2.75) is 11.4 Å². The van der Waals surface area contributed by atoms with Crippen molar-refractivity contribution in [2.24, 2.45) is 0 Å². The first-order valence-electron chi connectivity index (χ1n) is 8.30. The lowest BCUT2D eigenvalue weighted by Gasteiger charge is -2.11. The van der Waals surface area contributed by atoms with Gasteiger partial charge in [-0.3, -0.25) is 0 Å². The molecular formula is C20H16FN3O2S. The smallest absolute Gasteiger partial charge is 0.264 e. The van der Waals surface area contributed by atoms with Gasteiger partial charge in [0.1, 0.15) is 5.82 Å². The van der Waals surface area contributed by atoms with E-state index in [9.17, 15) is 12.8 Å². The van der Waals surface area contributed by atoms with Crippen molar-refractivity contribution in [3.05, 3.63) is 90.2 Å². The van der Waals surface area contributed by atoms with Crippen molar-refractivity contribution in [1.29, 1.82) is 0 Å². The van der Waals surface area contributed by atoms with E-state index in [-0.39, 0.29) is 10.8 Å². The average Bonchev–Trinajstić information content (AvgIpc) is 2.99. The standard InChI is InChI=1S/C20H16FN3O2S/c21-16-10-12-17(13-11-16)27(25,26)23-20-22-18-8-4-5-9-19(18)24(20)14-15-6-2-1-3-7-15/h1-13H,14H2,(H,22,23). The Morgan fingerprint density at radius 1 is 0.889 bits per heavy atom. The second kappa shape index (κ2) is 6.85. The van der Waals surface area contributed by atoms with Crippen LogP contribution in [0.4, 0.5) is 10.3 Å². The Hall–Kier alpha value is -3.19. The van der Waals surface area contributed by atoms with Crippen molar-refractivity contribution in [3.8, 4) is 0 Å². The summed E-state index contributed by atoms with van der Waals surface area (Å²) in [5.74, 6) is -0.283. The fourth-order valence-electron chi connectivity index (χ4n) is 2.87. The number of hydrogen-bond donors (Lipinski definition) is 1. The number of aromatic nitrogens is 2. The molecule has 0 saturated carbocycles. The average molecular weight is 381 g/mol. The molecule has 3 aromatic carbocycles. The molecule has 27 heavy (non-hydrogen) atoms. The lowest BCUT2D eigenvalue weighted by molar-refractivity contribution is 0.599. The highest BCUT2D eigenvalue weighted by Crippen LogP contribution is 2.23. The third kappa shape index (κ3) is 3.54. The highest BCUT2D eigenvalue weighted by molar-refractivity contribution is 7.92. The van der Waals surface area contributed by atoms with Crippen molar-refractivity contribution in [3.63, 3.8) is 0 Å². The third-order valence-electron chi connectivity index (χ3n) is 4.19. The van der Waals surface area contributed by atoms with E-state index in [1.807, 2.05) is 59.2 Å². The number of hydrogen-bond acceptors (Lipinski definition) is 3. The van der Waals surface area contributed by atoms with E-state index in [4.69, 9.17) is 0 Å². The van der Waals surface area contributed by atoms with Gasteiger partial charge in [0.25, 0.3) is 10.0 Å². The Morgan fingerprint density at radius 3 is 2.30 bits per heavy atom. The number of sulfonamides is 1. The number of halogens is 1. The fourth-order valence-corrected chi connectivity index (χ4v) is 3.88. The molecule has 0 saturated heterocycles. The van der Waals surface area contributed by atoms with Crippen LogP contribution < -0.4 is 4.72 Å². The second-order valence-electron chi connectivity index (χ2n) is 6.06. The molecule has 7 heteroatoms. The SMILES string of the molecule is O=S(=O)(Nc1nc2ccccc2n1Cc1ccccc1)c1ccc(F)cc1. The zero-order valence-electron chi connectivity index (χ0n) is 14.2. The van der Waals surface area contributed by atoms with Crippen LogP contribution in [0.3, 0.4) is 0 Å². The lowest BCUT2D eigenvalue weighted by Crippen LogP contribution is -2.17. The quantitative estimate of drug-likeness (QED) is 0.568. The van der Waals surface area contributed by atoms with Crippen LogP contribution in [0.1, 0.15) is 5.56 Å². The van der Waals surface area contributed by atoms with Crippen LogP contribution in [-0.4, -0.2) is 18.0 Å². The number of fused-ring (bicyclic) bond motifs is 1. The van der Waals surface area contributed by atoms with Gasteiger partial charge in [-0.2, -0.15) is 0 Å². The number of nitrogens with zero attached hydrogens (tertiary/aromatic N) is 2. The van der Waals surface area contributed by atoms with Gasteiger partial charge >= 0.3 is 0 Å². The molecule has 0 fully saturated rings. The molecule has 1 heterocycles. The molecule has 4 rings (SSSR count). The monoisotopic (exact) mass is 381 g/mol. The number of anilines is 1. The van der Waals surface area contributed by atoms with E-state index in [0.29, 0.717) is 12.1 Å². The Morgan fingerprint density at radius 2 is 1.56 bits per heavy atom. The first kappa shape index (κ1) is 17.2. The molecule has 0 atom stereocenters. The molecule has 0 spiro atoms. The van der Waals surface area contributed by atoms with Crippen LogP contribution in [0.5, 0.6) is 0 Å². The van der Waals surface area contributed by atoms with E-state index in [1.54, 1.807) is 0 Å². The molecule has 4 aromatic rings. The third-order valence-corrected chi connectivity index (χ3v) is 5.53. The van der Waals surface area contributed by atoms with Gasteiger partial charge in [-0.1, -0.05) is 42.5 Å². The highest BCUT2D eigenvalue weighted by atomic mass is 32.2. The molecule has 136 valence electrons. The van der Waals surface area contributed by atoms with Crippen molar-refractivity contribution < 1.29 is 12.8 Å². The second-order valence-corrected chi connectivity index (χ2v) is 7.74. The molecule has 1 aromatic heterocycles. The normalized spacial score (nSPS) is 11.6. The van der Waals surface area contributed by atoms with Crippen LogP contribution in [0.15, 0.2) is 83.8 Å². The minimum Gasteiger partial charge on any atom is -0.305 e. The van der Waals surface area contributed by atoms with Crippen LogP contribution >= 0.6 is 0 Å². The number of benzene rings is 3. The van der Waals surface area contributed by atoms with Gasteiger partial charge in [0.05, 0.1) is 22.5 Å². The molecule has 0 aliphatic carbocycles. The maximum Gasteiger partial charge on any atom is 0.264 e. The summed E-state index contributed by atoms with van der Waals surface area (Å²) in [6, 6.07) is 21.8. The van der Waals surface area contributed by atoms with E-state index in [0.717, 1.165) is 23.2 Å². The van der Waals surface area contributed by atoms with Crippen LogP contribution in [0, 0.1) is 5.82 Å². The molecule has 0 bridgehead atoms. The summed E-state index contributed by atoms with van der Waals surface area (Å²) < 4.78 is 42.9. The number of para-hydroxylation sites is 2. The maximum atomic E-state index is 13.1. The highest BCUT2D eigenvalue weighted by Gasteiger charge is 2.19. The van der Waals surface area contributed by atoms with Gasteiger partial charge < -0.3 is 4.57 Å². The molecule has 0 radical (unpaired) electrons. The Balaban J connectivity index is 1.77. The Bertz CT molecular complexity index is 1190. The zero-order chi connectivity index (χ0) is 18.9. The summed E-state index contributed by atoms with van der Waals surface area (Å²) in [4.78, 5) is 4.41. The fraction of sp³-hybridized carbons (Fsp3) is 0.0500. The minimum absolute atomic E-state index is 0.0257. The minimum atomic E-state index is -3.89. The van der Waals surface area contributed by atoms with Gasteiger partial charge in [0, 0.05) is 0 Å². The summed E-state index contributed by atoms with van der Waals surface area (Å²) in [7, 11) is -3.89. The Kier molecular flexibility index (Phi) is 4.37. The molecule has 0 amide bonds. The van der Waals surface area contributed by atoms with Gasteiger partial charge in [0.15, 0.2) is 0 Å². The zero-order valence-corrected chi connectivity index (χ0v) is 15.0. The summed E-state index contributed by atoms with van der Waals surface area (Å²) in [5, 5.41) is 0. The number of rotatable bonds is 5. The molecular weight excluding hydrogens is 365 g/mol. The van der Waals surface area contributed by atoms with E-state index >= 15 is 0 Å². The van der Waals surface area contributed by atoms with Crippen molar-refractivity contribution >= 4 is 27.0 Å². The van der Waals surface area contributed by atoms with Gasteiger partial charge in [0.2, 0.25) is 5.95 Å². The van der Waals surface area contributed by atoms with E-state index in [1.165, 1.54) is 12.1 Å². The molecule has 0 aliphatic heterocycles. The topological polar surface area (TPSA) is 64.0 Å². The van der Waals surface area contributed by atoms with Gasteiger partial charge in [-0.25, -0.2) is 22.5 Å². The summed E-state index contributed by atoms with van der Waals surface area (Å²) in [6.45, 7) is 0.461. The van der Waals surface area contributed by atoms with E-state index < -0.39 is 15.8 Å². The predicted molar refractivity (Wildman–Crippen MR) is 102 cm³/mol. The lowest BCUT2D eigenvalue weighted by atomic mass is 10.2. The van der Waals surface area contributed by atoms with Crippen LogP contribution in [0.2, 0.25) is 0 Å². The largest absolute Gasteiger partial charge is 0.305 e. The first-order valence-corrected chi connectivity index (χ1v) is 9.79. The molecule has 5 nitrogen and oxygen atoms in total.